The Morgan fingerprint density at radius 3 is 2.44 bits per heavy atom. The van der Waals surface area contributed by atoms with Crippen molar-refractivity contribution >= 4 is 21.6 Å². The van der Waals surface area contributed by atoms with Crippen molar-refractivity contribution in [1.29, 1.82) is 0 Å². The molecule has 0 aliphatic carbocycles. The minimum Gasteiger partial charge on any atom is -0.379 e. The molecule has 0 bridgehead atoms. The quantitative estimate of drug-likeness (QED) is 0.784. The van der Waals surface area contributed by atoms with E-state index >= 15 is 0 Å². The summed E-state index contributed by atoms with van der Waals surface area (Å²) in [6, 6.07) is 11.6. The molecule has 2 aromatic rings. The van der Waals surface area contributed by atoms with Gasteiger partial charge in [-0.2, -0.15) is 4.31 Å². The lowest BCUT2D eigenvalue weighted by atomic mass is 10.2. The maximum atomic E-state index is 13.2. The average molecular weight is 392 g/mol. The van der Waals surface area contributed by atoms with Crippen LogP contribution in [0.3, 0.4) is 0 Å². The highest BCUT2D eigenvalue weighted by Crippen LogP contribution is 2.22. The fourth-order valence-electron chi connectivity index (χ4n) is 2.95. The minimum absolute atomic E-state index is 0.0745. The standard InChI is InChI=1S/C19H21FN2O4S/c1-2-22(17-8-6-16(20)7-9-17)19(23)15-4-3-5-18(14-15)27(24,25)21-10-12-26-13-11-21/h3-9,14H,2,10-13H2,1H3. The first kappa shape index (κ1) is 19.5. The summed E-state index contributed by atoms with van der Waals surface area (Å²) in [5.41, 5.74) is 0.806. The summed E-state index contributed by atoms with van der Waals surface area (Å²) >= 11 is 0. The van der Waals surface area contributed by atoms with Crippen LogP contribution in [-0.4, -0.2) is 51.5 Å². The Kier molecular flexibility index (Phi) is 5.88. The molecule has 27 heavy (non-hydrogen) atoms. The number of anilines is 1. The average Bonchev–Trinajstić information content (AvgIpc) is 2.70. The molecular formula is C19H21FN2O4S. The van der Waals surface area contributed by atoms with Crippen molar-refractivity contribution in [3.8, 4) is 0 Å². The number of benzene rings is 2. The van der Waals surface area contributed by atoms with Crippen LogP contribution >= 0.6 is 0 Å². The van der Waals surface area contributed by atoms with Crippen LogP contribution in [-0.2, 0) is 14.8 Å². The second-order valence-corrected chi connectivity index (χ2v) is 8.01. The number of morpholine rings is 1. The molecule has 1 fully saturated rings. The number of rotatable bonds is 5. The molecule has 0 radical (unpaired) electrons. The smallest absolute Gasteiger partial charge is 0.258 e. The van der Waals surface area contributed by atoms with Gasteiger partial charge in [-0.05, 0) is 49.4 Å². The monoisotopic (exact) mass is 392 g/mol. The van der Waals surface area contributed by atoms with Gasteiger partial charge in [0, 0.05) is 30.9 Å². The molecule has 1 amide bonds. The summed E-state index contributed by atoms with van der Waals surface area (Å²) in [6.45, 7) is 3.45. The summed E-state index contributed by atoms with van der Waals surface area (Å²) in [5, 5.41) is 0. The third-order valence-electron chi connectivity index (χ3n) is 4.39. The van der Waals surface area contributed by atoms with Crippen molar-refractivity contribution in [2.24, 2.45) is 0 Å². The van der Waals surface area contributed by atoms with Crippen molar-refractivity contribution in [2.45, 2.75) is 11.8 Å². The topological polar surface area (TPSA) is 66.9 Å². The van der Waals surface area contributed by atoms with Crippen LogP contribution in [0, 0.1) is 5.82 Å². The zero-order valence-corrected chi connectivity index (χ0v) is 15.8. The Bertz CT molecular complexity index is 910. The van der Waals surface area contributed by atoms with Gasteiger partial charge in [0.2, 0.25) is 10.0 Å². The van der Waals surface area contributed by atoms with Gasteiger partial charge in [0.05, 0.1) is 18.1 Å². The number of halogens is 1. The van der Waals surface area contributed by atoms with Gasteiger partial charge in [0.1, 0.15) is 5.82 Å². The van der Waals surface area contributed by atoms with Gasteiger partial charge in [-0.25, -0.2) is 12.8 Å². The van der Waals surface area contributed by atoms with E-state index in [2.05, 4.69) is 0 Å². The molecule has 0 aromatic heterocycles. The van der Waals surface area contributed by atoms with Crippen molar-refractivity contribution in [3.63, 3.8) is 0 Å². The minimum atomic E-state index is -3.69. The number of nitrogens with zero attached hydrogens (tertiary/aromatic N) is 2. The number of carbonyl (C=O) groups excluding carboxylic acids is 1. The Morgan fingerprint density at radius 2 is 1.81 bits per heavy atom. The van der Waals surface area contributed by atoms with Gasteiger partial charge in [-0.15, -0.1) is 0 Å². The first-order valence-electron chi connectivity index (χ1n) is 8.69. The zero-order chi connectivity index (χ0) is 19.4. The van der Waals surface area contributed by atoms with E-state index in [-0.39, 0.29) is 35.3 Å². The SMILES string of the molecule is CCN(C(=O)c1cccc(S(=O)(=O)N2CCOCC2)c1)c1ccc(F)cc1. The summed E-state index contributed by atoms with van der Waals surface area (Å²) < 4.78 is 45.3. The molecule has 8 heteroatoms. The van der Waals surface area contributed by atoms with Gasteiger partial charge < -0.3 is 9.64 Å². The van der Waals surface area contributed by atoms with Gasteiger partial charge >= 0.3 is 0 Å². The Labute approximate surface area is 158 Å². The van der Waals surface area contributed by atoms with Crippen LogP contribution in [0.15, 0.2) is 53.4 Å². The summed E-state index contributed by atoms with van der Waals surface area (Å²) in [4.78, 5) is 14.5. The zero-order valence-electron chi connectivity index (χ0n) is 15.0. The van der Waals surface area contributed by atoms with Crippen molar-refractivity contribution in [2.75, 3.05) is 37.7 Å². The molecule has 144 valence electrons. The van der Waals surface area contributed by atoms with Crippen LogP contribution in [0.5, 0.6) is 0 Å². The Hall–Kier alpha value is -2.29. The first-order valence-corrected chi connectivity index (χ1v) is 10.1. The van der Waals surface area contributed by atoms with E-state index < -0.39 is 10.0 Å². The normalized spacial score (nSPS) is 15.5. The maximum Gasteiger partial charge on any atom is 0.258 e. The van der Waals surface area contributed by atoms with Crippen molar-refractivity contribution < 1.29 is 22.3 Å². The molecule has 0 spiro atoms. The molecule has 1 aliphatic heterocycles. The summed E-state index contributed by atoms with van der Waals surface area (Å²) in [7, 11) is -3.69. The molecular weight excluding hydrogens is 371 g/mol. The second-order valence-electron chi connectivity index (χ2n) is 6.07. The molecule has 3 rings (SSSR count). The second kappa shape index (κ2) is 8.16. The lowest BCUT2D eigenvalue weighted by molar-refractivity contribution is 0.0730. The fraction of sp³-hybridized carbons (Fsp3) is 0.316. The Morgan fingerprint density at radius 1 is 1.15 bits per heavy atom. The predicted octanol–water partition coefficient (Wildman–Crippen LogP) is 2.51. The van der Waals surface area contributed by atoms with Crippen LogP contribution < -0.4 is 4.90 Å². The molecule has 0 unspecified atom stereocenters. The van der Waals surface area contributed by atoms with Crippen LogP contribution in [0.4, 0.5) is 10.1 Å². The number of carbonyl (C=O) groups is 1. The van der Waals surface area contributed by atoms with Crippen LogP contribution in [0.25, 0.3) is 0 Å². The largest absolute Gasteiger partial charge is 0.379 e. The van der Waals surface area contributed by atoms with Gasteiger partial charge in [-0.3, -0.25) is 4.79 Å². The number of hydrogen-bond acceptors (Lipinski definition) is 4. The van der Waals surface area contributed by atoms with E-state index in [1.165, 1.54) is 45.6 Å². The molecule has 1 heterocycles. The van der Waals surface area contributed by atoms with Crippen LogP contribution in [0.2, 0.25) is 0 Å². The third-order valence-corrected chi connectivity index (χ3v) is 6.28. The molecule has 0 atom stereocenters. The number of amides is 1. The molecule has 1 aliphatic rings. The van der Waals surface area contributed by atoms with Crippen molar-refractivity contribution in [1.82, 2.24) is 4.31 Å². The first-order chi connectivity index (χ1) is 12.9. The molecule has 2 aromatic carbocycles. The van der Waals surface area contributed by atoms with E-state index in [9.17, 15) is 17.6 Å². The lowest BCUT2D eigenvalue weighted by Crippen LogP contribution is -2.40. The third kappa shape index (κ3) is 4.18. The number of sulfonamides is 1. The van der Waals surface area contributed by atoms with E-state index in [1.54, 1.807) is 19.1 Å². The van der Waals surface area contributed by atoms with E-state index in [0.29, 0.717) is 25.4 Å². The van der Waals surface area contributed by atoms with E-state index in [1.807, 2.05) is 0 Å². The molecule has 0 saturated carbocycles. The molecule has 1 saturated heterocycles. The van der Waals surface area contributed by atoms with Crippen molar-refractivity contribution in [3.05, 3.63) is 59.9 Å². The highest BCUT2D eigenvalue weighted by atomic mass is 32.2. The van der Waals surface area contributed by atoms with Gasteiger partial charge in [0.25, 0.3) is 5.91 Å². The van der Waals surface area contributed by atoms with E-state index in [0.717, 1.165) is 0 Å². The molecule has 0 N–H and O–H groups in total. The predicted molar refractivity (Wildman–Crippen MR) is 99.8 cm³/mol. The van der Waals surface area contributed by atoms with Gasteiger partial charge in [-0.1, -0.05) is 6.07 Å². The van der Waals surface area contributed by atoms with E-state index in [4.69, 9.17) is 4.74 Å². The summed E-state index contributed by atoms with van der Waals surface area (Å²) in [5.74, 6) is -0.732. The highest BCUT2D eigenvalue weighted by Gasteiger charge is 2.27. The lowest BCUT2D eigenvalue weighted by Gasteiger charge is -2.26. The molecule has 6 nitrogen and oxygen atoms in total. The number of ether oxygens (including phenoxy) is 1. The fourth-order valence-corrected chi connectivity index (χ4v) is 4.40. The van der Waals surface area contributed by atoms with Crippen LogP contribution in [0.1, 0.15) is 17.3 Å². The highest BCUT2D eigenvalue weighted by molar-refractivity contribution is 7.89. The number of hydrogen-bond donors (Lipinski definition) is 0. The summed E-state index contributed by atoms with van der Waals surface area (Å²) in [6.07, 6.45) is 0. The van der Waals surface area contributed by atoms with Gasteiger partial charge in [0.15, 0.2) is 0 Å². The maximum absolute atomic E-state index is 13.2. The Balaban J connectivity index is 1.89.